The summed E-state index contributed by atoms with van der Waals surface area (Å²) in [7, 11) is 0. The zero-order valence-corrected chi connectivity index (χ0v) is 11.3. The average Bonchev–Trinajstić information content (AvgIpc) is 2.86. The number of carbonyl (C=O) groups excluding carboxylic acids is 1. The van der Waals surface area contributed by atoms with Crippen molar-refractivity contribution >= 4 is 5.78 Å². The van der Waals surface area contributed by atoms with Crippen LogP contribution in [0.5, 0.6) is 11.5 Å². The highest BCUT2D eigenvalue weighted by atomic mass is 16.5. The van der Waals surface area contributed by atoms with Crippen LogP contribution >= 0.6 is 0 Å². The van der Waals surface area contributed by atoms with Gasteiger partial charge in [-0.05, 0) is 18.6 Å². The molecule has 0 amide bonds. The third-order valence-electron chi connectivity index (χ3n) is 2.78. The highest BCUT2D eigenvalue weighted by Gasteiger charge is 2.06. The standard InChI is InChI=1S/C15H18N2O2/c1-3-8-17-11-14(10-16-17)19-13-7-5-6-12(9-13)15(18)4-2/h5-7,9-11H,3-4,8H2,1-2H3. The van der Waals surface area contributed by atoms with E-state index in [9.17, 15) is 4.79 Å². The Hall–Kier alpha value is -2.10. The van der Waals surface area contributed by atoms with Crippen LogP contribution in [0.2, 0.25) is 0 Å². The Morgan fingerprint density at radius 3 is 2.89 bits per heavy atom. The van der Waals surface area contributed by atoms with Gasteiger partial charge in [0.1, 0.15) is 5.75 Å². The van der Waals surface area contributed by atoms with Gasteiger partial charge in [0, 0.05) is 18.5 Å². The first-order chi connectivity index (χ1) is 9.22. The Kier molecular flexibility index (Phi) is 4.34. The van der Waals surface area contributed by atoms with Crippen LogP contribution in [0.4, 0.5) is 0 Å². The molecule has 0 saturated carbocycles. The summed E-state index contributed by atoms with van der Waals surface area (Å²) in [5, 5.41) is 4.20. The highest BCUT2D eigenvalue weighted by Crippen LogP contribution is 2.22. The minimum absolute atomic E-state index is 0.118. The number of hydrogen-bond acceptors (Lipinski definition) is 3. The van der Waals surface area contributed by atoms with E-state index < -0.39 is 0 Å². The van der Waals surface area contributed by atoms with Gasteiger partial charge < -0.3 is 4.74 Å². The van der Waals surface area contributed by atoms with Gasteiger partial charge in [-0.2, -0.15) is 5.10 Å². The SMILES string of the molecule is CCCn1cc(Oc2cccc(C(=O)CC)c2)cn1. The van der Waals surface area contributed by atoms with Gasteiger partial charge in [0.25, 0.3) is 0 Å². The van der Waals surface area contributed by atoms with Crippen molar-refractivity contribution in [1.82, 2.24) is 9.78 Å². The quantitative estimate of drug-likeness (QED) is 0.742. The molecular weight excluding hydrogens is 240 g/mol. The molecule has 4 heteroatoms. The number of hydrogen-bond donors (Lipinski definition) is 0. The summed E-state index contributed by atoms with van der Waals surface area (Å²) >= 11 is 0. The van der Waals surface area contributed by atoms with E-state index in [-0.39, 0.29) is 5.78 Å². The maximum Gasteiger partial charge on any atom is 0.165 e. The molecule has 100 valence electrons. The van der Waals surface area contributed by atoms with E-state index in [0.717, 1.165) is 13.0 Å². The third-order valence-corrected chi connectivity index (χ3v) is 2.78. The summed E-state index contributed by atoms with van der Waals surface area (Å²) in [5.74, 6) is 1.47. The molecule has 0 atom stereocenters. The molecule has 0 unspecified atom stereocenters. The molecule has 2 rings (SSSR count). The van der Waals surface area contributed by atoms with Crippen LogP contribution < -0.4 is 4.74 Å². The smallest absolute Gasteiger partial charge is 0.165 e. The van der Waals surface area contributed by atoms with Gasteiger partial charge in [0.2, 0.25) is 0 Å². The summed E-state index contributed by atoms with van der Waals surface area (Å²) in [6, 6.07) is 7.24. The number of rotatable bonds is 6. The predicted octanol–water partition coefficient (Wildman–Crippen LogP) is 3.68. The van der Waals surface area contributed by atoms with Crippen LogP contribution in [0.1, 0.15) is 37.0 Å². The monoisotopic (exact) mass is 258 g/mol. The minimum atomic E-state index is 0.118. The summed E-state index contributed by atoms with van der Waals surface area (Å²) < 4.78 is 7.55. The van der Waals surface area contributed by atoms with Crippen molar-refractivity contribution in [3.63, 3.8) is 0 Å². The fourth-order valence-electron chi connectivity index (χ4n) is 1.82. The van der Waals surface area contributed by atoms with E-state index >= 15 is 0 Å². The van der Waals surface area contributed by atoms with E-state index in [1.807, 2.05) is 29.9 Å². The number of aromatic nitrogens is 2. The van der Waals surface area contributed by atoms with Crippen molar-refractivity contribution in [3.8, 4) is 11.5 Å². The maximum absolute atomic E-state index is 11.6. The van der Waals surface area contributed by atoms with Crippen LogP contribution in [0.25, 0.3) is 0 Å². The highest BCUT2D eigenvalue weighted by molar-refractivity contribution is 5.96. The molecule has 0 aliphatic carbocycles. The van der Waals surface area contributed by atoms with Crippen LogP contribution in [0, 0.1) is 0 Å². The molecule has 0 fully saturated rings. The van der Waals surface area contributed by atoms with Crippen molar-refractivity contribution in [2.24, 2.45) is 0 Å². The number of ether oxygens (including phenoxy) is 1. The maximum atomic E-state index is 11.6. The Bertz CT molecular complexity index is 561. The second-order valence-corrected chi connectivity index (χ2v) is 4.35. The minimum Gasteiger partial charge on any atom is -0.454 e. The first-order valence-electron chi connectivity index (χ1n) is 6.56. The molecule has 0 spiro atoms. The Balaban J connectivity index is 2.11. The first kappa shape index (κ1) is 13.3. The van der Waals surface area contributed by atoms with Crippen molar-refractivity contribution in [1.29, 1.82) is 0 Å². The summed E-state index contributed by atoms with van der Waals surface area (Å²) in [6.45, 7) is 4.82. The van der Waals surface area contributed by atoms with E-state index in [2.05, 4.69) is 12.0 Å². The van der Waals surface area contributed by atoms with Gasteiger partial charge in [-0.25, -0.2) is 0 Å². The Morgan fingerprint density at radius 1 is 1.32 bits per heavy atom. The molecule has 0 aliphatic heterocycles. The molecule has 0 radical (unpaired) electrons. The molecule has 0 N–H and O–H groups in total. The zero-order valence-electron chi connectivity index (χ0n) is 11.3. The Labute approximate surface area is 113 Å². The number of ketones is 1. The first-order valence-corrected chi connectivity index (χ1v) is 6.56. The number of nitrogens with zero attached hydrogens (tertiary/aromatic N) is 2. The van der Waals surface area contributed by atoms with E-state index in [0.29, 0.717) is 23.5 Å². The molecule has 2 aromatic rings. The van der Waals surface area contributed by atoms with Crippen molar-refractivity contribution < 1.29 is 9.53 Å². The van der Waals surface area contributed by atoms with Crippen molar-refractivity contribution in [2.45, 2.75) is 33.2 Å². The van der Waals surface area contributed by atoms with Crippen molar-refractivity contribution in [2.75, 3.05) is 0 Å². The Morgan fingerprint density at radius 2 is 2.16 bits per heavy atom. The lowest BCUT2D eigenvalue weighted by Gasteiger charge is -2.04. The molecule has 1 aromatic carbocycles. The van der Waals surface area contributed by atoms with E-state index in [1.54, 1.807) is 18.3 Å². The lowest BCUT2D eigenvalue weighted by molar-refractivity contribution is 0.0988. The summed E-state index contributed by atoms with van der Waals surface area (Å²) in [5.41, 5.74) is 0.681. The van der Waals surface area contributed by atoms with Crippen LogP contribution in [0.15, 0.2) is 36.7 Å². The lowest BCUT2D eigenvalue weighted by Crippen LogP contribution is -1.96. The second-order valence-electron chi connectivity index (χ2n) is 4.35. The molecule has 0 saturated heterocycles. The number of carbonyl (C=O) groups is 1. The molecule has 1 heterocycles. The fraction of sp³-hybridized carbons (Fsp3) is 0.333. The third kappa shape index (κ3) is 3.44. The van der Waals surface area contributed by atoms with Gasteiger partial charge in [-0.15, -0.1) is 0 Å². The van der Waals surface area contributed by atoms with E-state index in [1.165, 1.54) is 0 Å². The van der Waals surface area contributed by atoms with Gasteiger partial charge >= 0.3 is 0 Å². The topological polar surface area (TPSA) is 44.1 Å². The van der Waals surface area contributed by atoms with Gasteiger partial charge in [0.15, 0.2) is 11.5 Å². The summed E-state index contributed by atoms with van der Waals surface area (Å²) in [4.78, 5) is 11.6. The van der Waals surface area contributed by atoms with Gasteiger partial charge in [0.05, 0.1) is 12.4 Å². The molecule has 4 nitrogen and oxygen atoms in total. The average molecular weight is 258 g/mol. The fourth-order valence-corrected chi connectivity index (χ4v) is 1.82. The van der Waals surface area contributed by atoms with Crippen LogP contribution in [-0.4, -0.2) is 15.6 Å². The molecule has 0 bridgehead atoms. The predicted molar refractivity (Wildman–Crippen MR) is 73.7 cm³/mol. The number of Topliss-reactive ketones (excluding diaryl/α,β-unsaturated/α-hetero) is 1. The molecular formula is C15H18N2O2. The number of aryl methyl sites for hydroxylation is 1. The van der Waals surface area contributed by atoms with Crippen molar-refractivity contribution in [3.05, 3.63) is 42.2 Å². The van der Waals surface area contributed by atoms with Crippen LogP contribution in [0.3, 0.4) is 0 Å². The van der Waals surface area contributed by atoms with Crippen LogP contribution in [-0.2, 0) is 6.54 Å². The van der Waals surface area contributed by atoms with Gasteiger partial charge in [-0.1, -0.05) is 26.0 Å². The lowest BCUT2D eigenvalue weighted by atomic mass is 10.1. The molecule has 1 aromatic heterocycles. The zero-order chi connectivity index (χ0) is 13.7. The van der Waals surface area contributed by atoms with Gasteiger partial charge in [-0.3, -0.25) is 9.48 Å². The largest absolute Gasteiger partial charge is 0.454 e. The molecule has 0 aliphatic rings. The summed E-state index contributed by atoms with van der Waals surface area (Å²) in [6.07, 6.45) is 5.07. The van der Waals surface area contributed by atoms with E-state index in [4.69, 9.17) is 4.74 Å². The molecule has 19 heavy (non-hydrogen) atoms. The normalized spacial score (nSPS) is 10.4. The second kappa shape index (κ2) is 6.18. The number of benzene rings is 1.